The van der Waals surface area contributed by atoms with E-state index in [0.29, 0.717) is 10.1 Å². The summed E-state index contributed by atoms with van der Waals surface area (Å²) in [7, 11) is 5.74. The molecular weight excluding hydrogens is 310 g/mol. The third-order valence-electron chi connectivity index (χ3n) is 3.06. The molecule has 0 unspecified atom stereocenters. The Bertz CT molecular complexity index is 760. The van der Waals surface area contributed by atoms with E-state index in [-0.39, 0.29) is 16.4 Å². The highest BCUT2D eigenvalue weighted by atomic mass is 19.4. The van der Waals surface area contributed by atoms with Gasteiger partial charge in [0.25, 0.3) is 0 Å². The molecule has 0 amide bonds. The highest BCUT2D eigenvalue weighted by molar-refractivity contribution is 6.39. The van der Waals surface area contributed by atoms with Crippen LogP contribution < -0.4 is 5.46 Å². The van der Waals surface area contributed by atoms with Gasteiger partial charge in [0, 0.05) is 0 Å². The van der Waals surface area contributed by atoms with Crippen molar-refractivity contribution in [3.63, 3.8) is 0 Å². The molecule has 1 N–H and O–H groups in total. The first-order valence-corrected chi connectivity index (χ1v) is 6.79. The van der Waals surface area contributed by atoms with Crippen LogP contribution in [0.25, 0.3) is 10.9 Å². The van der Waals surface area contributed by atoms with Crippen LogP contribution in [0.4, 0.5) is 18.0 Å². The van der Waals surface area contributed by atoms with Crippen molar-refractivity contribution in [1.29, 1.82) is 0 Å². The van der Waals surface area contributed by atoms with E-state index in [1.54, 1.807) is 20.8 Å². The first-order chi connectivity index (χ1) is 10.4. The molecule has 122 valence electrons. The number of halogens is 3. The standard InChI is InChI=1S/C15H15BF3NO3/c1-14(2,3)23-13(22)20-11-5-8(7-21)4-10(16)9(11)6-12(20)15(17,18)19/h4-6,21H,7H2,1-3H3. The topological polar surface area (TPSA) is 51.5 Å². The minimum atomic E-state index is -4.76. The summed E-state index contributed by atoms with van der Waals surface area (Å²) in [4.78, 5) is 12.3. The van der Waals surface area contributed by atoms with Crippen LogP contribution >= 0.6 is 0 Å². The Hall–Kier alpha value is -1.96. The van der Waals surface area contributed by atoms with Gasteiger partial charge >= 0.3 is 12.3 Å². The number of aromatic nitrogens is 1. The largest absolute Gasteiger partial charge is 0.443 e. The van der Waals surface area contributed by atoms with Crippen molar-refractivity contribution in [3.8, 4) is 0 Å². The summed E-state index contributed by atoms with van der Waals surface area (Å²) in [6.07, 6.45) is -5.92. The first-order valence-electron chi connectivity index (χ1n) is 6.79. The normalized spacial score (nSPS) is 12.7. The van der Waals surface area contributed by atoms with Crippen LogP contribution in [0.15, 0.2) is 18.2 Å². The van der Waals surface area contributed by atoms with Crippen LogP contribution in [-0.2, 0) is 17.5 Å². The zero-order valence-electron chi connectivity index (χ0n) is 12.9. The predicted octanol–water partition coefficient (Wildman–Crippen LogP) is 2.73. The van der Waals surface area contributed by atoms with Crippen molar-refractivity contribution in [3.05, 3.63) is 29.5 Å². The Labute approximate surface area is 132 Å². The Kier molecular flexibility index (Phi) is 4.23. The molecule has 0 aliphatic carbocycles. The van der Waals surface area contributed by atoms with E-state index in [1.807, 2.05) is 0 Å². The highest BCUT2D eigenvalue weighted by Crippen LogP contribution is 2.34. The number of hydrogen-bond donors (Lipinski definition) is 1. The van der Waals surface area contributed by atoms with Gasteiger partial charge in [-0.15, -0.1) is 0 Å². The third-order valence-corrected chi connectivity index (χ3v) is 3.06. The number of hydrogen-bond acceptors (Lipinski definition) is 3. The molecule has 0 atom stereocenters. The molecule has 2 aromatic rings. The lowest BCUT2D eigenvalue weighted by molar-refractivity contribution is -0.142. The number of aliphatic hydroxyl groups excluding tert-OH is 1. The molecule has 1 heterocycles. The summed E-state index contributed by atoms with van der Waals surface area (Å²) >= 11 is 0. The van der Waals surface area contributed by atoms with Gasteiger partial charge in [-0.2, -0.15) is 13.2 Å². The molecule has 2 radical (unpaired) electrons. The second kappa shape index (κ2) is 5.60. The lowest BCUT2D eigenvalue weighted by Crippen LogP contribution is -2.29. The maximum Gasteiger partial charge on any atom is 0.432 e. The number of rotatable bonds is 1. The fourth-order valence-electron chi connectivity index (χ4n) is 2.20. The van der Waals surface area contributed by atoms with E-state index >= 15 is 0 Å². The third kappa shape index (κ3) is 3.52. The monoisotopic (exact) mass is 325 g/mol. The molecule has 0 saturated carbocycles. The van der Waals surface area contributed by atoms with Crippen LogP contribution in [-0.4, -0.2) is 29.2 Å². The van der Waals surface area contributed by atoms with Crippen LogP contribution in [0.2, 0.25) is 0 Å². The first kappa shape index (κ1) is 17.4. The molecular formula is C15H15BF3NO3. The van der Waals surface area contributed by atoms with Gasteiger partial charge in [0.1, 0.15) is 19.1 Å². The number of benzene rings is 1. The molecule has 8 heteroatoms. The Morgan fingerprint density at radius 1 is 1.26 bits per heavy atom. The number of nitrogens with zero attached hydrogens (tertiary/aromatic N) is 1. The number of carbonyl (C=O) groups is 1. The Morgan fingerprint density at radius 2 is 1.87 bits per heavy atom. The van der Waals surface area contributed by atoms with Gasteiger partial charge in [0.05, 0.1) is 12.1 Å². The summed E-state index contributed by atoms with van der Waals surface area (Å²) in [5.41, 5.74) is -1.86. The van der Waals surface area contributed by atoms with E-state index in [4.69, 9.17) is 12.6 Å². The van der Waals surface area contributed by atoms with E-state index in [0.717, 1.165) is 6.07 Å². The zero-order chi connectivity index (χ0) is 17.6. The lowest BCUT2D eigenvalue weighted by Gasteiger charge is -2.21. The fraction of sp³-hybridized carbons (Fsp3) is 0.400. The molecule has 23 heavy (non-hydrogen) atoms. The predicted molar refractivity (Wildman–Crippen MR) is 79.9 cm³/mol. The zero-order valence-corrected chi connectivity index (χ0v) is 12.9. The van der Waals surface area contributed by atoms with Crippen molar-refractivity contribution in [2.45, 2.75) is 39.2 Å². The van der Waals surface area contributed by atoms with E-state index in [1.165, 1.54) is 12.1 Å². The molecule has 1 aromatic carbocycles. The molecule has 0 bridgehead atoms. The summed E-state index contributed by atoms with van der Waals surface area (Å²) in [6, 6.07) is 3.45. The molecule has 0 fully saturated rings. The maximum absolute atomic E-state index is 13.3. The van der Waals surface area contributed by atoms with Crippen LogP contribution in [0.3, 0.4) is 0 Å². The minimum Gasteiger partial charge on any atom is -0.443 e. The molecule has 0 aliphatic rings. The van der Waals surface area contributed by atoms with Crippen molar-refractivity contribution in [2.24, 2.45) is 0 Å². The summed E-state index contributed by atoms with van der Waals surface area (Å²) in [5.74, 6) is 0. The van der Waals surface area contributed by atoms with Crippen molar-refractivity contribution >= 4 is 30.3 Å². The van der Waals surface area contributed by atoms with E-state index < -0.39 is 30.2 Å². The van der Waals surface area contributed by atoms with Crippen LogP contribution in [0.1, 0.15) is 32.0 Å². The number of carbonyl (C=O) groups excluding carboxylic acids is 1. The molecule has 0 aliphatic heterocycles. The van der Waals surface area contributed by atoms with Gasteiger partial charge in [-0.3, -0.25) is 0 Å². The SMILES string of the molecule is [B]c1cc(CO)cc2c1cc(C(F)(F)F)n2C(=O)OC(C)(C)C. The number of aliphatic hydroxyl groups is 1. The van der Waals surface area contributed by atoms with Gasteiger partial charge < -0.3 is 9.84 Å². The second-order valence-corrected chi connectivity index (χ2v) is 6.12. The molecule has 0 spiro atoms. The van der Waals surface area contributed by atoms with Crippen molar-refractivity contribution in [2.75, 3.05) is 0 Å². The van der Waals surface area contributed by atoms with Gasteiger partial charge in [-0.25, -0.2) is 9.36 Å². The Morgan fingerprint density at radius 3 is 2.35 bits per heavy atom. The Balaban J connectivity index is 2.77. The van der Waals surface area contributed by atoms with E-state index in [9.17, 15) is 23.1 Å². The quantitative estimate of drug-likeness (QED) is 0.820. The average molecular weight is 325 g/mol. The maximum atomic E-state index is 13.3. The second-order valence-electron chi connectivity index (χ2n) is 6.12. The summed E-state index contributed by atoms with van der Waals surface area (Å²) < 4.78 is 45.3. The number of fused-ring (bicyclic) bond motifs is 1. The van der Waals surface area contributed by atoms with Crippen molar-refractivity contribution in [1.82, 2.24) is 4.57 Å². The number of ether oxygens (including phenoxy) is 1. The summed E-state index contributed by atoms with van der Waals surface area (Å²) in [6.45, 7) is 4.24. The van der Waals surface area contributed by atoms with Gasteiger partial charge in [-0.05, 0) is 43.9 Å². The molecule has 4 nitrogen and oxygen atoms in total. The van der Waals surface area contributed by atoms with E-state index in [2.05, 4.69) is 0 Å². The fourth-order valence-corrected chi connectivity index (χ4v) is 2.20. The average Bonchev–Trinajstić information content (AvgIpc) is 2.76. The van der Waals surface area contributed by atoms with Crippen molar-refractivity contribution < 1.29 is 27.8 Å². The minimum absolute atomic E-state index is 0.0411. The van der Waals surface area contributed by atoms with Gasteiger partial charge in [-0.1, -0.05) is 11.5 Å². The number of alkyl halides is 3. The van der Waals surface area contributed by atoms with Crippen LogP contribution in [0.5, 0.6) is 0 Å². The molecule has 1 aromatic heterocycles. The van der Waals surface area contributed by atoms with Gasteiger partial charge in [0.2, 0.25) is 0 Å². The summed E-state index contributed by atoms with van der Waals surface area (Å²) in [5, 5.41) is 9.27. The molecule has 0 saturated heterocycles. The molecule has 2 rings (SSSR count). The highest BCUT2D eigenvalue weighted by Gasteiger charge is 2.38. The smallest absolute Gasteiger partial charge is 0.432 e. The lowest BCUT2D eigenvalue weighted by atomic mass is 9.90. The van der Waals surface area contributed by atoms with Gasteiger partial charge in [0.15, 0.2) is 0 Å². The van der Waals surface area contributed by atoms with Crippen LogP contribution in [0, 0.1) is 0 Å².